The predicted octanol–water partition coefficient (Wildman–Crippen LogP) is 3.94. The van der Waals surface area contributed by atoms with Crippen LogP contribution in [0.5, 0.6) is 5.75 Å². The van der Waals surface area contributed by atoms with Gasteiger partial charge < -0.3 is 4.74 Å². The number of carbonyl (C=O) groups is 1. The fourth-order valence-electron chi connectivity index (χ4n) is 1.60. The molecule has 0 fully saturated rings. The summed E-state index contributed by atoms with van der Waals surface area (Å²) in [7, 11) is 1.61. The maximum absolute atomic E-state index is 12.1. The van der Waals surface area contributed by atoms with E-state index in [4.69, 9.17) is 4.74 Å². The lowest BCUT2D eigenvalue weighted by Crippen LogP contribution is -2.04. The quantitative estimate of drug-likeness (QED) is 0.799. The Kier molecular flexibility index (Phi) is 3.97. The minimum atomic E-state index is 0.0997. The van der Waals surface area contributed by atoms with Gasteiger partial charge in [-0.05, 0) is 22.0 Å². The van der Waals surface area contributed by atoms with Gasteiger partial charge in [0.25, 0.3) is 0 Å². The van der Waals surface area contributed by atoms with E-state index in [0.29, 0.717) is 6.42 Å². The molecule has 1 aromatic heterocycles. The second kappa shape index (κ2) is 5.47. The zero-order chi connectivity index (χ0) is 12.3. The average Bonchev–Trinajstić information content (AvgIpc) is 2.76. The summed E-state index contributed by atoms with van der Waals surface area (Å²) in [5.74, 6) is 0.856. The molecule has 0 bridgehead atoms. The highest BCUT2D eigenvalue weighted by atomic mass is 79.9. The normalized spacial score (nSPS) is 10.2. The minimum Gasteiger partial charge on any atom is -0.496 e. The molecule has 0 saturated heterocycles. The van der Waals surface area contributed by atoms with Gasteiger partial charge in [0.05, 0.1) is 7.11 Å². The first-order chi connectivity index (χ1) is 8.22. The average molecular weight is 311 g/mol. The number of halogens is 1. The van der Waals surface area contributed by atoms with E-state index >= 15 is 0 Å². The van der Waals surface area contributed by atoms with E-state index in [1.54, 1.807) is 7.11 Å². The first-order valence-electron chi connectivity index (χ1n) is 5.09. The van der Waals surface area contributed by atoms with E-state index < -0.39 is 0 Å². The summed E-state index contributed by atoms with van der Waals surface area (Å²) < 4.78 is 6.10. The van der Waals surface area contributed by atoms with Gasteiger partial charge in [-0.25, -0.2) is 0 Å². The highest BCUT2D eigenvalue weighted by Gasteiger charge is 2.13. The Hall–Kier alpha value is -1.13. The van der Waals surface area contributed by atoms with Gasteiger partial charge in [0, 0.05) is 32.8 Å². The van der Waals surface area contributed by atoms with Crippen molar-refractivity contribution < 1.29 is 9.53 Å². The van der Waals surface area contributed by atoms with E-state index in [0.717, 1.165) is 21.3 Å². The van der Waals surface area contributed by atoms with Crippen LogP contribution in [-0.4, -0.2) is 12.9 Å². The van der Waals surface area contributed by atoms with Crippen LogP contribution in [0.25, 0.3) is 0 Å². The van der Waals surface area contributed by atoms with E-state index in [1.165, 1.54) is 11.3 Å². The molecule has 4 heteroatoms. The topological polar surface area (TPSA) is 26.3 Å². The number of para-hydroxylation sites is 1. The molecule has 0 radical (unpaired) electrons. The largest absolute Gasteiger partial charge is 0.496 e. The van der Waals surface area contributed by atoms with Gasteiger partial charge in [-0.2, -0.15) is 11.3 Å². The van der Waals surface area contributed by atoms with Crippen molar-refractivity contribution >= 4 is 33.0 Å². The summed E-state index contributed by atoms with van der Waals surface area (Å²) >= 11 is 4.89. The van der Waals surface area contributed by atoms with Crippen molar-refractivity contribution in [3.63, 3.8) is 0 Å². The van der Waals surface area contributed by atoms with Crippen LogP contribution in [0.1, 0.15) is 15.9 Å². The molecule has 0 spiro atoms. The van der Waals surface area contributed by atoms with E-state index in [-0.39, 0.29) is 5.78 Å². The van der Waals surface area contributed by atoms with Crippen LogP contribution in [0.15, 0.2) is 39.5 Å². The summed E-state index contributed by atoms with van der Waals surface area (Å²) in [5, 5.41) is 3.78. The maximum Gasteiger partial charge on any atom is 0.169 e. The second-order valence-electron chi connectivity index (χ2n) is 3.55. The number of benzene rings is 1. The number of Topliss-reactive ketones (excluding diaryl/α,β-unsaturated/α-hetero) is 1. The molecule has 0 N–H and O–H groups in total. The third-order valence-corrected chi connectivity index (χ3v) is 4.16. The van der Waals surface area contributed by atoms with Gasteiger partial charge in [0.15, 0.2) is 5.78 Å². The number of carbonyl (C=O) groups excluding carboxylic acids is 1. The van der Waals surface area contributed by atoms with Crippen molar-refractivity contribution in [2.24, 2.45) is 0 Å². The minimum absolute atomic E-state index is 0.0997. The lowest BCUT2D eigenvalue weighted by Gasteiger charge is -2.06. The summed E-state index contributed by atoms with van der Waals surface area (Å²) in [5.41, 5.74) is 1.65. The first-order valence-corrected chi connectivity index (χ1v) is 6.82. The van der Waals surface area contributed by atoms with Crippen LogP contribution >= 0.6 is 27.3 Å². The van der Waals surface area contributed by atoms with Gasteiger partial charge in [0.1, 0.15) is 5.75 Å². The van der Waals surface area contributed by atoms with Crippen LogP contribution in [0, 0.1) is 0 Å². The highest BCUT2D eigenvalue weighted by molar-refractivity contribution is 9.10. The zero-order valence-electron chi connectivity index (χ0n) is 9.27. The Morgan fingerprint density at radius 2 is 2.12 bits per heavy atom. The molecule has 0 atom stereocenters. The summed E-state index contributed by atoms with van der Waals surface area (Å²) in [4.78, 5) is 12.1. The predicted molar refractivity (Wildman–Crippen MR) is 73.0 cm³/mol. The lowest BCUT2D eigenvalue weighted by atomic mass is 10.0. The van der Waals surface area contributed by atoms with Gasteiger partial charge in [-0.1, -0.05) is 18.2 Å². The fraction of sp³-hybridized carbons (Fsp3) is 0.154. The summed E-state index contributed by atoms with van der Waals surface area (Å²) in [6.45, 7) is 0. The molecule has 0 aliphatic heterocycles. The molecule has 2 nitrogen and oxygen atoms in total. The molecule has 1 aromatic carbocycles. The summed E-state index contributed by atoms with van der Waals surface area (Å²) in [6, 6.07) is 7.59. The number of hydrogen-bond acceptors (Lipinski definition) is 3. The molecule has 0 unspecified atom stereocenters. The number of methoxy groups -OCH3 is 1. The molecule has 0 aliphatic carbocycles. The molecule has 2 aromatic rings. The van der Waals surface area contributed by atoms with Gasteiger partial charge in [-0.3, -0.25) is 4.79 Å². The number of thiophene rings is 1. The van der Waals surface area contributed by atoms with Crippen molar-refractivity contribution in [3.8, 4) is 5.75 Å². The zero-order valence-corrected chi connectivity index (χ0v) is 11.7. The Balaban J connectivity index is 2.22. The van der Waals surface area contributed by atoms with Crippen molar-refractivity contribution in [2.75, 3.05) is 7.11 Å². The molecule has 17 heavy (non-hydrogen) atoms. The SMILES string of the molecule is COc1ccccc1CC(=O)c1cscc1Br. The van der Waals surface area contributed by atoms with Crippen molar-refractivity contribution in [1.29, 1.82) is 0 Å². The standard InChI is InChI=1S/C13H11BrO2S/c1-16-13-5-3-2-4-9(13)6-12(15)10-7-17-8-11(10)14/h2-5,7-8H,6H2,1H3. The van der Waals surface area contributed by atoms with Crippen LogP contribution in [-0.2, 0) is 6.42 Å². The lowest BCUT2D eigenvalue weighted by molar-refractivity contribution is 0.0992. The molecule has 0 aliphatic rings. The molecule has 1 heterocycles. The molecular formula is C13H11BrO2S. The first kappa shape index (κ1) is 12.3. The van der Waals surface area contributed by atoms with Gasteiger partial charge in [-0.15, -0.1) is 0 Å². The highest BCUT2D eigenvalue weighted by Crippen LogP contribution is 2.25. The van der Waals surface area contributed by atoms with E-state index in [2.05, 4.69) is 15.9 Å². The van der Waals surface area contributed by atoms with Gasteiger partial charge >= 0.3 is 0 Å². The van der Waals surface area contributed by atoms with Crippen LogP contribution < -0.4 is 4.74 Å². The molecule has 88 valence electrons. The molecule has 0 amide bonds. The summed E-state index contributed by atoms with van der Waals surface area (Å²) in [6.07, 6.45) is 0.360. The Bertz CT molecular complexity index is 534. The third-order valence-electron chi connectivity index (χ3n) is 2.46. The molecule has 0 saturated carbocycles. The van der Waals surface area contributed by atoms with Crippen molar-refractivity contribution in [1.82, 2.24) is 0 Å². The van der Waals surface area contributed by atoms with Crippen molar-refractivity contribution in [2.45, 2.75) is 6.42 Å². The fourth-order valence-corrected chi connectivity index (χ4v) is 3.12. The molecular weight excluding hydrogens is 300 g/mol. The number of hydrogen-bond donors (Lipinski definition) is 0. The maximum atomic E-state index is 12.1. The van der Waals surface area contributed by atoms with Crippen LogP contribution in [0.3, 0.4) is 0 Å². The van der Waals surface area contributed by atoms with Crippen LogP contribution in [0.4, 0.5) is 0 Å². The van der Waals surface area contributed by atoms with Gasteiger partial charge in [0.2, 0.25) is 0 Å². The Labute approximate surface area is 112 Å². The number of ether oxygens (including phenoxy) is 1. The number of rotatable bonds is 4. The second-order valence-corrected chi connectivity index (χ2v) is 5.14. The van der Waals surface area contributed by atoms with Crippen LogP contribution in [0.2, 0.25) is 0 Å². The smallest absolute Gasteiger partial charge is 0.169 e. The van der Waals surface area contributed by atoms with E-state index in [1.807, 2.05) is 35.0 Å². The number of ketones is 1. The van der Waals surface area contributed by atoms with Crippen molar-refractivity contribution in [3.05, 3.63) is 50.6 Å². The third kappa shape index (κ3) is 2.76. The Morgan fingerprint density at radius 1 is 1.35 bits per heavy atom. The van der Waals surface area contributed by atoms with E-state index in [9.17, 15) is 4.79 Å². The molecule has 2 rings (SSSR count). The Morgan fingerprint density at radius 3 is 2.76 bits per heavy atom. The monoisotopic (exact) mass is 310 g/mol.